The van der Waals surface area contributed by atoms with Crippen molar-refractivity contribution in [2.45, 2.75) is 26.5 Å². The number of aliphatic hydroxyl groups excluding tert-OH is 1. The number of aromatic amines is 1. The van der Waals surface area contributed by atoms with Crippen LogP contribution in [0.25, 0.3) is 11.2 Å². The van der Waals surface area contributed by atoms with Crippen LogP contribution in [0.15, 0.2) is 22.2 Å². The highest BCUT2D eigenvalue weighted by atomic mass is 16.5. The van der Waals surface area contributed by atoms with E-state index in [1.807, 2.05) is 13.8 Å². The minimum Gasteiger partial charge on any atom is -0.389 e. The number of fused-ring (bicyclic) bond motifs is 1. The molecule has 0 aliphatic heterocycles. The fraction of sp³-hybridized carbons (Fsp3) is 0.562. The molecule has 2 aromatic heterocycles. The van der Waals surface area contributed by atoms with Gasteiger partial charge < -0.3 is 19.7 Å². The van der Waals surface area contributed by atoms with Gasteiger partial charge in [0.25, 0.3) is 5.56 Å². The van der Waals surface area contributed by atoms with E-state index >= 15 is 0 Å². The van der Waals surface area contributed by atoms with Gasteiger partial charge in [0.2, 0.25) is 5.95 Å². The minimum atomic E-state index is -0.839. The van der Waals surface area contributed by atoms with Crippen LogP contribution < -0.4 is 16.6 Å². The second-order valence-corrected chi connectivity index (χ2v) is 6.29. The van der Waals surface area contributed by atoms with Crippen LogP contribution in [0.4, 0.5) is 5.95 Å². The third-order valence-corrected chi connectivity index (χ3v) is 3.61. The van der Waals surface area contributed by atoms with Crippen LogP contribution in [0.3, 0.4) is 0 Å². The van der Waals surface area contributed by atoms with E-state index in [9.17, 15) is 14.7 Å². The van der Waals surface area contributed by atoms with Crippen LogP contribution >= 0.6 is 0 Å². The normalized spacial score (nSPS) is 12.7. The molecular formula is C16H25N5O4. The molecular weight excluding hydrogens is 326 g/mol. The molecule has 0 radical (unpaired) electrons. The molecule has 0 saturated heterocycles. The molecule has 0 unspecified atom stereocenters. The molecule has 0 bridgehead atoms. The zero-order valence-corrected chi connectivity index (χ0v) is 14.8. The predicted molar refractivity (Wildman–Crippen MR) is 95.9 cm³/mol. The largest absolute Gasteiger partial charge is 0.389 e. The maximum atomic E-state index is 12.3. The smallest absolute Gasteiger partial charge is 0.329 e. The van der Waals surface area contributed by atoms with Gasteiger partial charge in [-0.2, -0.15) is 4.98 Å². The number of nitrogens with one attached hydrogen (secondary N) is 2. The number of hydrogen-bond donors (Lipinski definition) is 3. The van der Waals surface area contributed by atoms with Crippen molar-refractivity contribution in [2.75, 3.05) is 25.1 Å². The van der Waals surface area contributed by atoms with Gasteiger partial charge in [-0.1, -0.05) is 19.9 Å². The molecule has 2 rings (SSSR count). The molecule has 0 aromatic carbocycles. The molecule has 0 spiro atoms. The first-order chi connectivity index (χ1) is 11.8. The number of aryl methyl sites for hydroxylation is 1. The van der Waals surface area contributed by atoms with E-state index in [1.165, 1.54) is 11.6 Å². The van der Waals surface area contributed by atoms with Crippen molar-refractivity contribution < 1.29 is 9.84 Å². The lowest BCUT2D eigenvalue weighted by Gasteiger charge is -2.15. The molecule has 0 aliphatic carbocycles. The van der Waals surface area contributed by atoms with Gasteiger partial charge >= 0.3 is 5.69 Å². The minimum absolute atomic E-state index is 0.0962. The van der Waals surface area contributed by atoms with Crippen LogP contribution in [-0.4, -0.2) is 50.1 Å². The predicted octanol–water partition coefficient (Wildman–Crippen LogP) is 0.0547. The zero-order chi connectivity index (χ0) is 18.6. The third kappa shape index (κ3) is 4.37. The van der Waals surface area contributed by atoms with Crippen LogP contribution in [0, 0.1) is 5.92 Å². The van der Waals surface area contributed by atoms with Crippen LogP contribution in [0.2, 0.25) is 0 Å². The Kier molecular flexibility index (Phi) is 6.16. The van der Waals surface area contributed by atoms with Gasteiger partial charge in [-0.3, -0.25) is 14.3 Å². The fourth-order valence-corrected chi connectivity index (χ4v) is 2.39. The van der Waals surface area contributed by atoms with E-state index in [0.29, 0.717) is 25.0 Å². The first kappa shape index (κ1) is 18.9. The number of nitrogens with zero attached hydrogens (tertiary/aromatic N) is 3. The average Bonchev–Trinajstić information content (AvgIpc) is 2.90. The first-order valence-electron chi connectivity index (χ1n) is 8.15. The molecule has 138 valence electrons. The molecule has 0 amide bonds. The fourth-order valence-electron chi connectivity index (χ4n) is 2.39. The quantitative estimate of drug-likeness (QED) is 0.435. The summed E-state index contributed by atoms with van der Waals surface area (Å²) in [6.07, 6.45) is 0.753. The Bertz CT molecular complexity index is 849. The number of anilines is 1. The number of hydrogen-bond acceptors (Lipinski definition) is 6. The summed E-state index contributed by atoms with van der Waals surface area (Å²) in [5.41, 5.74) is -0.579. The van der Waals surface area contributed by atoms with Crippen molar-refractivity contribution >= 4 is 17.1 Å². The highest BCUT2D eigenvalue weighted by molar-refractivity contribution is 5.74. The summed E-state index contributed by atoms with van der Waals surface area (Å²) in [4.78, 5) is 30.7. The number of aliphatic hydroxyl groups is 1. The highest BCUT2D eigenvalue weighted by Crippen LogP contribution is 2.16. The topological polar surface area (TPSA) is 114 Å². The Labute approximate surface area is 145 Å². The summed E-state index contributed by atoms with van der Waals surface area (Å²) in [5, 5.41) is 13.4. The third-order valence-electron chi connectivity index (χ3n) is 3.61. The summed E-state index contributed by atoms with van der Waals surface area (Å²) in [6.45, 7) is 8.80. The molecule has 3 N–H and O–H groups in total. The molecule has 0 aliphatic rings. The molecule has 0 fully saturated rings. The lowest BCUT2D eigenvalue weighted by molar-refractivity contribution is 0.0405. The summed E-state index contributed by atoms with van der Waals surface area (Å²) >= 11 is 0. The Morgan fingerprint density at radius 2 is 2.16 bits per heavy atom. The molecule has 2 heterocycles. The van der Waals surface area contributed by atoms with Crippen molar-refractivity contribution in [3.63, 3.8) is 0 Å². The number of aromatic nitrogens is 4. The number of imidazole rings is 1. The van der Waals surface area contributed by atoms with Gasteiger partial charge in [0.05, 0.1) is 25.9 Å². The van der Waals surface area contributed by atoms with Crippen molar-refractivity contribution in [3.8, 4) is 0 Å². The van der Waals surface area contributed by atoms with Crippen molar-refractivity contribution in [2.24, 2.45) is 13.0 Å². The number of H-pyrrole nitrogens is 1. The molecule has 9 heteroatoms. The van der Waals surface area contributed by atoms with E-state index in [4.69, 9.17) is 4.74 Å². The zero-order valence-electron chi connectivity index (χ0n) is 14.8. The SMILES string of the molecule is C=CCOC[C@@H](O)Cn1c(NCC(C)C)nc2c1c(=O)[nH]c(=O)n2C. The van der Waals surface area contributed by atoms with E-state index in [-0.39, 0.29) is 24.3 Å². The van der Waals surface area contributed by atoms with Crippen LogP contribution in [-0.2, 0) is 18.3 Å². The van der Waals surface area contributed by atoms with Gasteiger partial charge in [0.15, 0.2) is 11.2 Å². The van der Waals surface area contributed by atoms with Gasteiger partial charge in [0.1, 0.15) is 0 Å². The van der Waals surface area contributed by atoms with Gasteiger partial charge in [0, 0.05) is 13.6 Å². The van der Waals surface area contributed by atoms with Gasteiger partial charge in [-0.15, -0.1) is 6.58 Å². The van der Waals surface area contributed by atoms with E-state index in [0.717, 1.165) is 0 Å². The molecule has 2 aromatic rings. The first-order valence-corrected chi connectivity index (χ1v) is 8.15. The maximum Gasteiger partial charge on any atom is 0.329 e. The van der Waals surface area contributed by atoms with Crippen LogP contribution in [0.1, 0.15) is 13.8 Å². The second kappa shape index (κ2) is 8.13. The van der Waals surface area contributed by atoms with E-state index in [2.05, 4.69) is 21.9 Å². The monoisotopic (exact) mass is 351 g/mol. The molecule has 25 heavy (non-hydrogen) atoms. The van der Waals surface area contributed by atoms with Gasteiger partial charge in [-0.05, 0) is 5.92 Å². The summed E-state index contributed by atoms with van der Waals surface area (Å²) < 4.78 is 8.11. The Hall–Kier alpha value is -2.39. The molecule has 9 nitrogen and oxygen atoms in total. The van der Waals surface area contributed by atoms with Crippen LogP contribution in [0.5, 0.6) is 0 Å². The summed E-state index contributed by atoms with van der Waals surface area (Å²) in [5.74, 6) is 0.786. The van der Waals surface area contributed by atoms with E-state index < -0.39 is 17.4 Å². The summed E-state index contributed by atoms with van der Waals surface area (Å²) in [7, 11) is 1.54. The Morgan fingerprint density at radius 1 is 1.44 bits per heavy atom. The number of ether oxygens (including phenoxy) is 1. The maximum absolute atomic E-state index is 12.3. The van der Waals surface area contributed by atoms with Crippen molar-refractivity contribution in [1.82, 2.24) is 19.1 Å². The second-order valence-electron chi connectivity index (χ2n) is 6.29. The lowest BCUT2D eigenvalue weighted by Crippen LogP contribution is -2.30. The van der Waals surface area contributed by atoms with Gasteiger partial charge in [-0.25, -0.2) is 4.79 Å². The van der Waals surface area contributed by atoms with Crippen molar-refractivity contribution in [1.29, 1.82) is 0 Å². The van der Waals surface area contributed by atoms with E-state index in [1.54, 1.807) is 10.6 Å². The lowest BCUT2D eigenvalue weighted by atomic mass is 10.2. The highest BCUT2D eigenvalue weighted by Gasteiger charge is 2.19. The molecule has 0 saturated carbocycles. The van der Waals surface area contributed by atoms with Crippen molar-refractivity contribution in [3.05, 3.63) is 33.5 Å². The Morgan fingerprint density at radius 3 is 2.80 bits per heavy atom. The average molecular weight is 351 g/mol. The number of rotatable bonds is 9. The standard InChI is InChI=1S/C16H25N5O4/c1-5-6-25-9-11(22)8-21-12-13(18-15(21)17-7-10(2)3)20(4)16(24)19-14(12)23/h5,10-11,22H,1,6-9H2,2-4H3,(H,17,18)(H,19,23,24)/t11-/m0/s1. The molecule has 1 atom stereocenters. The summed E-state index contributed by atoms with van der Waals surface area (Å²) in [6, 6.07) is 0. The Balaban J connectivity index is 2.44.